The molecule has 1 N–H and O–H groups in total. The second kappa shape index (κ2) is 4.85. The van der Waals surface area contributed by atoms with E-state index in [0.29, 0.717) is 18.1 Å². The molecule has 2 aromatic rings. The molecule has 5 nitrogen and oxygen atoms in total. The second-order valence-corrected chi connectivity index (χ2v) is 5.46. The highest BCUT2D eigenvalue weighted by Crippen LogP contribution is 2.20. The maximum Gasteiger partial charge on any atom is 0.243 e. The van der Waals surface area contributed by atoms with Crippen molar-refractivity contribution >= 4 is 27.5 Å². The number of hydrogen-bond donors (Lipinski definition) is 1. The standard InChI is InChI=1S/C12H15BrN4O/c1-8-7-9(4-6-18-8)14-12-15-11-10(13)3-2-5-17(11)16-12/h2-3,5,8-9H,4,6-7H2,1H3,(H,14,16). The van der Waals surface area contributed by atoms with Gasteiger partial charge in [-0.2, -0.15) is 4.98 Å². The largest absolute Gasteiger partial charge is 0.378 e. The molecule has 2 aromatic heterocycles. The van der Waals surface area contributed by atoms with E-state index in [1.165, 1.54) is 0 Å². The fourth-order valence-electron chi connectivity index (χ4n) is 2.25. The number of nitrogens with one attached hydrogen (secondary N) is 1. The summed E-state index contributed by atoms with van der Waals surface area (Å²) in [5.41, 5.74) is 0.833. The van der Waals surface area contributed by atoms with Crippen LogP contribution in [0.15, 0.2) is 22.8 Å². The zero-order valence-corrected chi connectivity index (χ0v) is 11.7. The van der Waals surface area contributed by atoms with E-state index in [-0.39, 0.29) is 0 Å². The van der Waals surface area contributed by atoms with Crippen molar-refractivity contribution in [3.05, 3.63) is 22.8 Å². The van der Waals surface area contributed by atoms with Crippen LogP contribution in [0.5, 0.6) is 0 Å². The van der Waals surface area contributed by atoms with Crippen molar-refractivity contribution in [1.82, 2.24) is 14.6 Å². The first-order valence-corrected chi connectivity index (χ1v) is 6.91. The molecule has 0 aliphatic carbocycles. The third kappa shape index (κ3) is 2.35. The molecule has 1 saturated heterocycles. The van der Waals surface area contributed by atoms with E-state index >= 15 is 0 Å². The van der Waals surface area contributed by atoms with Crippen molar-refractivity contribution in [2.45, 2.75) is 31.9 Å². The molecule has 3 rings (SSSR count). The molecule has 0 radical (unpaired) electrons. The van der Waals surface area contributed by atoms with Gasteiger partial charge in [0.15, 0.2) is 5.65 Å². The van der Waals surface area contributed by atoms with Crippen LogP contribution in [0.1, 0.15) is 19.8 Å². The van der Waals surface area contributed by atoms with Gasteiger partial charge >= 0.3 is 0 Å². The predicted octanol–water partition coefficient (Wildman–Crippen LogP) is 2.47. The minimum Gasteiger partial charge on any atom is -0.378 e. The maximum absolute atomic E-state index is 5.53. The van der Waals surface area contributed by atoms with E-state index in [0.717, 1.165) is 29.6 Å². The Labute approximate surface area is 114 Å². The third-order valence-electron chi connectivity index (χ3n) is 3.13. The van der Waals surface area contributed by atoms with Gasteiger partial charge in [-0.15, -0.1) is 5.10 Å². The van der Waals surface area contributed by atoms with Crippen LogP contribution >= 0.6 is 15.9 Å². The molecule has 0 bridgehead atoms. The molecule has 0 aromatic carbocycles. The molecule has 0 saturated carbocycles. The lowest BCUT2D eigenvalue weighted by Gasteiger charge is -2.27. The highest BCUT2D eigenvalue weighted by molar-refractivity contribution is 9.10. The molecule has 0 amide bonds. The summed E-state index contributed by atoms with van der Waals surface area (Å²) in [6.07, 6.45) is 4.20. The fourth-order valence-corrected chi connectivity index (χ4v) is 2.67. The number of pyridine rings is 1. The Morgan fingerprint density at radius 2 is 2.44 bits per heavy atom. The Kier molecular flexibility index (Phi) is 3.22. The van der Waals surface area contributed by atoms with Crippen LogP contribution < -0.4 is 5.32 Å². The fraction of sp³-hybridized carbons (Fsp3) is 0.500. The summed E-state index contributed by atoms with van der Waals surface area (Å²) in [5.74, 6) is 0.681. The lowest BCUT2D eigenvalue weighted by Crippen LogP contribution is -2.32. The van der Waals surface area contributed by atoms with Crippen LogP contribution in [-0.4, -0.2) is 33.4 Å². The van der Waals surface area contributed by atoms with Crippen LogP contribution in [-0.2, 0) is 4.74 Å². The lowest BCUT2D eigenvalue weighted by atomic mass is 10.0. The van der Waals surface area contributed by atoms with Gasteiger partial charge in [0.2, 0.25) is 5.95 Å². The first kappa shape index (κ1) is 11.9. The lowest BCUT2D eigenvalue weighted by molar-refractivity contribution is 0.0231. The van der Waals surface area contributed by atoms with Crippen LogP contribution in [0, 0.1) is 0 Å². The van der Waals surface area contributed by atoms with Crippen molar-refractivity contribution < 1.29 is 4.74 Å². The summed E-state index contributed by atoms with van der Waals surface area (Å²) < 4.78 is 8.25. The van der Waals surface area contributed by atoms with E-state index in [1.807, 2.05) is 18.3 Å². The topological polar surface area (TPSA) is 51.5 Å². The molecule has 0 spiro atoms. The van der Waals surface area contributed by atoms with Gasteiger partial charge in [0.1, 0.15) is 0 Å². The number of halogens is 1. The second-order valence-electron chi connectivity index (χ2n) is 4.61. The van der Waals surface area contributed by atoms with Gasteiger partial charge in [0.25, 0.3) is 0 Å². The molecule has 2 atom stereocenters. The molecule has 18 heavy (non-hydrogen) atoms. The summed E-state index contributed by atoms with van der Waals surface area (Å²) in [7, 11) is 0. The molecule has 1 aliphatic rings. The number of anilines is 1. The molecule has 3 heterocycles. The number of nitrogens with zero attached hydrogens (tertiary/aromatic N) is 3. The first-order valence-electron chi connectivity index (χ1n) is 6.11. The van der Waals surface area contributed by atoms with Crippen molar-refractivity contribution in [3.63, 3.8) is 0 Å². The number of rotatable bonds is 2. The highest BCUT2D eigenvalue weighted by Gasteiger charge is 2.20. The van der Waals surface area contributed by atoms with Gasteiger partial charge in [-0.05, 0) is 47.8 Å². The molecule has 6 heteroatoms. The van der Waals surface area contributed by atoms with E-state index in [1.54, 1.807) is 4.52 Å². The zero-order valence-electron chi connectivity index (χ0n) is 10.1. The van der Waals surface area contributed by atoms with Gasteiger partial charge in [0, 0.05) is 18.8 Å². The molecule has 96 valence electrons. The van der Waals surface area contributed by atoms with Gasteiger partial charge in [-0.25, -0.2) is 4.52 Å². The van der Waals surface area contributed by atoms with Gasteiger partial charge in [-0.1, -0.05) is 0 Å². The van der Waals surface area contributed by atoms with Crippen LogP contribution in [0.2, 0.25) is 0 Å². The first-order chi connectivity index (χ1) is 8.72. The minimum absolute atomic E-state index is 0.306. The molecular weight excluding hydrogens is 296 g/mol. The van der Waals surface area contributed by atoms with Gasteiger partial charge < -0.3 is 10.1 Å². The van der Waals surface area contributed by atoms with Gasteiger partial charge in [0.05, 0.1) is 10.6 Å². The van der Waals surface area contributed by atoms with Crippen molar-refractivity contribution in [2.24, 2.45) is 0 Å². The summed E-state index contributed by atoms with van der Waals surface area (Å²) in [5, 5.41) is 7.80. The monoisotopic (exact) mass is 310 g/mol. The summed E-state index contributed by atoms with van der Waals surface area (Å²) in [4.78, 5) is 4.48. The minimum atomic E-state index is 0.306. The smallest absolute Gasteiger partial charge is 0.243 e. The molecule has 2 unspecified atom stereocenters. The number of aromatic nitrogens is 3. The van der Waals surface area contributed by atoms with Crippen LogP contribution in [0.25, 0.3) is 5.65 Å². The molecular formula is C12H15BrN4O. The molecule has 1 aliphatic heterocycles. The normalized spacial score (nSPS) is 24.3. The molecule has 1 fully saturated rings. The Hall–Kier alpha value is -1.14. The zero-order chi connectivity index (χ0) is 12.5. The average Bonchev–Trinajstić information content (AvgIpc) is 2.73. The summed E-state index contributed by atoms with van der Waals surface area (Å²) in [6, 6.07) is 4.29. The number of fused-ring (bicyclic) bond motifs is 1. The maximum atomic E-state index is 5.53. The Morgan fingerprint density at radius 3 is 3.22 bits per heavy atom. The van der Waals surface area contributed by atoms with Crippen molar-refractivity contribution in [2.75, 3.05) is 11.9 Å². The third-order valence-corrected chi connectivity index (χ3v) is 3.75. The van der Waals surface area contributed by atoms with E-state index in [9.17, 15) is 0 Å². The van der Waals surface area contributed by atoms with Crippen LogP contribution in [0.4, 0.5) is 5.95 Å². The van der Waals surface area contributed by atoms with Crippen molar-refractivity contribution in [1.29, 1.82) is 0 Å². The van der Waals surface area contributed by atoms with E-state index in [4.69, 9.17) is 4.74 Å². The van der Waals surface area contributed by atoms with E-state index < -0.39 is 0 Å². The number of ether oxygens (including phenoxy) is 1. The average molecular weight is 311 g/mol. The van der Waals surface area contributed by atoms with Crippen molar-refractivity contribution in [3.8, 4) is 0 Å². The highest BCUT2D eigenvalue weighted by atomic mass is 79.9. The Morgan fingerprint density at radius 1 is 1.56 bits per heavy atom. The Balaban J connectivity index is 1.80. The summed E-state index contributed by atoms with van der Waals surface area (Å²) in [6.45, 7) is 2.90. The van der Waals surface area contributed by atoms with E-state index in [2.05, 4.69) is 38.3 Å². The quantitative estimate of drug-likeness (QED) is 0.926. The van der Waals surface area contributed by atoms with Crippen LogP contribution in [0.3, 0.4) is 0 Å². The summed E-state index contributed by atoms with van der Waals surface area (Å²) >= 11 is 3.47. The number of hydrogen-bond acceptors (Lipinski definition) is 4. The Bertz CT molecular complexity index is 556. The predicted molar refractivity (Wildman–Crippen MR) is 72.7 cm³/mol. The van der Waals surface area contributed by atoms with Gasteiger partial charge in [-0.3, -0.25) is 0 Å². The SMILES string of the molecule is CC1CC(Nc2nc3c(Br)cccn3n2)CCO1.